The Morgan fingerprint density at radius 2 is 1.89 bits per heavy atom. The molecule has 0 saturated heterocycles. The van der Waals surface area contributed by atoms with Crippen LogP contribution in [0.15, 0.2) is 28.1 Å². The van der Waals surface area contributed by atoms with Gasteiger partial charge >= 0.3 is 0 Å². The number of thiophene rings is 1. The van der Waals surface area contributed by atoms with Crippen molar-refractivity contribution in [3.8, 4) is 11.5 Å². The Labute approximate surface area is 125 Å². The lowest BCUT2D eigenvalue weighted by Gasteiger charge is -2.17. The van der Waals surface area contributed by atoms with Crippen molar-refractivity contribution < 1.29 is 9.47 Å². The lowest BCUT2D eigenvalue weighted by Crippen LogP contribution is -2.13. The number of benzene rings is 1. The smallest absolute Gasteiger partial charge is 0.124 e. The van der Waals surface area contributed by atoms with Crippen molar-refractivity contribution >= 4 is 27.3 Å². The summed E-state index contributed by atoms with van der Waals surface area (Å²) in [6.45, 7) is 2.07. The van der Waals surface area contributed by atoms with E-state index in [0.717, 1.165) is 26.4 Å². The molecular formula is C14H16BrNO2S. The molecule has 0 bridgehead atoms. The molecule has 0 aliphatic heterocycles. The minimum absolute atomic E-state index is 0.229. The summed E-state index contributed by atoms with van der Waals surface area (Å²) in [5.41, 5.74) is 8.41. The maximum atomic E-state index is 6.38. The van der Waals surface area contributed by atoms with Crippen LogP contribution in [0.1, 0.15) is 22.0 Å². The van der Waals surface area contributed by atoms with Crippen LogP contribution in [0.4, 0.5) is 0 Å². The van der Waals surface area contributed by atoms with Gasteiger partial charge in [0.1, 0.15) is 11.5 Å². The third-order valence-electron chi connectivity index (χ3n) is 3.03. The normalized spacial score (nSPS) is 12.3. The van der Waals surface area contributed by atoms with Crippen LogP contribution in [0.5, 0.6) is 11.5 Å². The second-order valence-electron chi connectivity index (χ2n) is 4.15. The van der Waals surface area contributed by atoms with Crippen molar-refractivity contribution in [3.63, 3.8) is 0 Å². The molecule has 1 atom stereocenters. The predicted molar refractivity (Wildman–Crippen MR) is 82.3 cm³/mol. The second-order valence-corrected chi connectivity index (χ2v) is 6.78. The molecule has 2 rings (SSSR count). The Balaban J connectivity index is 2.47. The number of rotatable bonds is 4. The van der Waals surface area contributed by atoms with Gasteiger partial charge in [-0.15, -0.1) is 11.3 Å². The van der Waals surface area contributed by atoms with E-state index in [4.69, 9.17) is 15.2 Å². The molecule has 1 heterocycles. The lowest BCUT2D eigenvalue weighted by atomic mass is 9.99. The molecule has 3 nitrogen and oxygen atoms in total. The maximum Gasteiger partial charge on any atom is 0.124 e. The molecule has 0 fully saturated rings. The number of hydrogen-bond acceptors (Lipinski definition) is 4. The lowest BCUT2D eigenvalue weighted by molar-refractivity contribution is 0.397. The zero-order valence-corrected chi connectivity index (χ0v) is 13.5. The van der Waals surface area contributed by atoms with Gasteiger partial charge in [0.05, 0.1) is 24.0 Å². The fourth-order valence-corrected chi connectivity index (χ4v) is 3.77. The third kappa shape index (κ3) is 2.94. The summed E-state index contributed by atoms with van der Waals surface area (Å²) in [7, 11) is 3.29. The van der Waals surface area contributed by atoms with Gasteiger partial charge in [0.15, 0.2) is 0 Å². The minimum Gasteiger partial charge on any atom is -0.497 e. The molecular weight excluding hydrogens is 326 g/mol. The third-order valence-corrected chi connectivity index (χ3v) is 4.60. The average Bonchev–Trinajstić information content (AvgIpc) is 2.76. The van der Waals surface area contributed by atoms with Gasteiger partial charge < -0.3 is 15.2 Å². The molecule has 5 heteroatoms. The van der Waals surface area contributed by atoms with E-state index in [2.05, 4.69) is 28.9 Å². The van der Waals surface area contributed by atoms with Crippen molar-refractivity contribution in [2.45, 2.75) is 13.0 Å². The van der Waals surface area contributed by atoms with Crippen LogP contribution in [0, 0.1) is 6.92 Å². The van der Waals surface area contributed by atoms with Gasteiger partial charge in [0.2, 0.25) is 0 Å². The van der Waals surface area contributed by atoms with Gasteiger partial charge in [-0.3, -0.25) is 0 Å². The van der Waals surface area contributed by atoms with Gasteiger partial charge in [-0.25, -0.2) is 0 Å². The molecule has 0 saturated carbocycles. The standard InChI is InChI=1S/C14H16BrNO2S/c1-8-10(7-13(15)19-8)14(16)11-6-9(17-2)4-5-12(11)18-3/h4-7,14H,16H2,1-3H3. The summed E-state index contributed by atoms with van der Waals surface area (Å²) in [6.07, 6.45) is 0. The van der Waals surface area contributed by atoms with Gasteiger partial charge in [0.25, 0.3) is 0 Å². The Morgan fingerprint density at radius 3 is 2.42 bits per heavy atom. The topological polar surface area (TPSA) is 44.5 Å². The summed E-state index contributed by atoms with van der Waals surface area (Å²) in [4.78, 5) is 1.20. The van der Waals surface area contributed by atoms with Gasteiger partial charge in [0, 0.05) is 10.4 Å². The van der Waals surface area contributed by atoms with Crippen molar-refractivity contribution in [2.75, 3.05) is 14.2 Å². The fourth-order valence-electron chi connectivity index (χ4n) is 2.02. The Kier molecular flexibility index (Phi) is 4.50. The Hall–Kier alpha value is -1.04. The second kappa shape index (κ2) is 5.94. The van der Waals surface area contributed by atoms with Crippen molar-refractivity contribution in [1.29, 1.82) is 0 Å². The van der Waals surface area contributed by atoms with E-state index < -0.39 is 0 Å². The zero-order chi connectivity index (χ0) is 14.0. The van der Waals surface area contributed by atoms with Crippen LogP contribution < -0.4 is 15.2 Å². The van der Waals surface area contributed by atoms with Crippen LogP contribution in [0.25, 0.3) is 0 Å². The summed E-state index contributed by atoms with van der Waals surface area (Å²) in [5, 5.41) is 0. The number of nitrogens with two attached hydrogens (primary N) is 1. The molecule has 1 unspecified atom stereocenters. The van der Waals surface area contributed by atoms with Crippen LogP contribution in [-0.4, -0.2) is 14.2 Å². The highest BCUT2D eigenvalue weighted by molar-refractivity contribution is 9.11. The molecule has 102 valence electrons. The molecule has 1 aromatic heterocycles. The van der Waals surface area contributed by atoms with Gasteiger partial charge in [-0.05, 0) is 52.7 Å². The molecule has 0 aliphatic rings. The van der Waals surface area contributed by atoms with E-state index in [1.54, 1.807) is 25.6 Å². The molecule has 2 aromatic rings. The largest absolute Gasteiger partial charge is 0.497 e. The van der Waals surface area contributed by atoms with Crippen LogP contribution in [0.3, 0.4) is 0 Å². The fraction of sp³-hybridized carbons (Fsp3) is 0.286. The van der Waals surface area contributed by atoms with E-state index in [0.29, 0.717) is 0 Å². The van der Waals surface area contributed by atoms with Gasteiger partial charge in [-0.2, -0.15) is 0 Å². The number of ether oxygens (including phenoxy) is 2. The first-order chi connectivity index (χ1) is 9.06. The number of methoxy groups -OCH3 is 2. The van der Waals surface area contributed by atoms with Crippen molar-refractivity contribution in [3.05, 3.63) is 44.1 Å². The highest BCUT2D eigenvalue weighted by Gasteiger charge is 2.18. The average molecular weight is 342 g/mol. The molecule has 0 amide bonds. The zero-order valence-electron chi connectivity index (χ0n) is 11.1. The number of aryl methyl sites for hydroxylation is 1. The Morgan fingerprint density at radius 1 is 1.16 bits per heavy atom. The summed E-state index contributed by atoms with van der Waals surface area (Å²) in [6, 6.07) is 7.50. The molecule has 1 aromatic carbocycles. The highest BCUT2D eigenvalue weighted by atomic mass is 79.9. The molecule has 2 N–H and O–H groups in total. The van der Waals surface area contributed by atoms with E-state index in [1.807, 2.05) is 18.2 Å². The van der Waals surface area contributed by atoms with E-state index in [9.17, 15) is 0 Å². The Bertz CT molecular complexity index is 583. The van der Waals surface area contributed by atoms with Crippen molar-refractivity contribution in [1.82, 2.24) is 0 Å². The summed E-state index contributed by atoms with van der Waals surface area (Å²) >= 11 is 5.17. The first-order valence-corrected chi connectivity index (χ1v) is 7.41. The molecule has 0 radical (unpaired) electrons. The van der Waals surface area contributed by atoms with Crippen molar-refractivity contribution in [2.24, 2.45) is 5.73 Å². The highest BCUT2D eigenvalue weighted by Crippen LogP contribution is 2.36. The minimum atomic E-state index is -0.229. The SMILES string of the molecule is COc1ccc(OC)c(C(N)c2cc(Br)sc2C)c1. The summed E-state index contributed by atoms with van der Waals surface area (Å²) < 4.78 is 11.7. The van der Waals surface area contributed by atoms with Crippen LogP contribution in [-0.2, 0) is 0 Å². The van der Waals surface area contributed by atoms with E-state index >= 15 is 0 Å². The number of halogens is 1. The molecule has 19 heavy (non-hydrogen) atoms. The molecule has 0 spiro atoms. The maximum absolute atomic E-state index is 6.38. The monoisotopic (exact) mass is 341 g/mol. The predicted octanol–water partition coefficient (Wildman–Crippen LogP) is 3.88. The number of hydrogen-bond donors (Lipinski definition) is 1. The van der Waals surface area contributed by atoms with Crippen LogP contribution >= 0.6 is 27.3 Å². The first kappa shape index (κ1) is 14.4. The quantitative estimate of drug-likeness (QED) is 0.917. The summed E-state index contributed by atoms with van der Waals surface area (Å²) in [5.74, 6) is 1.55. The van der Waals surface area contributed by atoms with E-state index in [1.165, 1.54) is 4.88 Å². The van der Waals surface area contributed by atoms with Crippen LogP contribution in [0.2, 0.25) is 0 Å². The first-order valence-electron chi connectivity index (χ1n) is 5.80. The molecule has 0 aliphatic carbocycles. The van der Waals surface area contributed by atoms with Gasteiger partial charge in [-0.1, -0.05) is 0 Å². The van der Waals surface area contributed by atoms with E-state index in [-0.39, 0.29) is 6.04 Å².